The zero-order valence-corrected chi connectivity index (χ0v) is 10.7. The number of hydrogen-bond acceptors (Lipinski definition) is 1. The summed E-state index contributed by atoms with van der Waals surface area (Å²) in [5.41, 5.74) is 2.70. The van der Waals surface area contributed by atoms with Crippen LogP contribution >= 0.6 is 0 Å². The van der Waals surface area contributed by atoms with Crippen LogP contribution in [0.4, 0.5) is 4.79 Å². The molecule has 1 saturated heterocycles. The maximum absolute atomic E-state index is 12.2. The fourth-order valence-corrected chi connectivity index (χ4v) is 3.04. The van der Waals surface area contributed by atoms with Crippen LogP contribution < -0.4 is 5.32 Å². The molecule has 3 nitrogen and oxygen atoms in total. The molecule has 0 aromatic heterocycles. The number of urea groups is 1. The highest BCUT2D eigenvalue weighted by atomic mass is 16.2. The zero-order valence-electron chi connectivity index (χ0n) is 10.7. The van der Waals surface area contributed by atoms with Gasteiger partial charge in [-0.15, -0.1) is 0 Å². The van der Waals surface area contributed by atoms with E-state index in [4.69, 9.17) is 0 Å². The Hall–Kier alpha value is -1.51. The molecular formula is C15H20N2O. The number of fused-ring (bicyclic) bond motifs is 1. The van der Waals surface area contributed by atoms with E-state index in [1.807, 2.05) is 4.90 Å². The lowest BCUT2D eigenvalue weighted by Crippen LogP contribution is -2.43. The standard InChI is InChI=1S/C15H20N2O/c18-15(17-10-4-1-5-11-17)16-14-9-8-12-6-2-3-7-13(12)14/h2-3,6-7,14H,1,4-5,8-11H2,(H,16,18). The van der Waals surface area contributed by atoms with Gasteiger partial charge in [-0.05, 0) is 43.2 Å². The number of carbonyl (C=O) groups is 1. The number of carbonyl (C=O) groups excluding carboxylic acids is 1. The van der Waals surface area contributed by atoms with Crippen molar-refractivity contribution in [1.82, 2.24) is 10.2 Å². The van der Waals surface area contributed by atoms with Gasteiger partial charge in [-0.2, -0.15) is 0 Å². The molecule has 1 N–H and O–H groups in total. The first kappa shape index (κ1) is 11.6. The lowest BCUT2D eigenvalue weighted by atomic mass is 10.1. The second kappa shape index (κ2) is 5.01. The minimum absolute atomic E-state index is 0.122. The first-order chi connectivity index (χ1) is 8.84. The van der Waals surface area contributed by atoms with Gasteiger partial charge in [0.05, 0.1) is 6.04 Å². The van der Waals surface area contributed by atoms with E-state index in [0.29, 0.717) is 0 Å². The molecule has 0 radical (unpaired) electrons. The second-order valence-corrected chi connectivity index (χ2v) is 5.29. The molecule has 3 heteroatoms. The van der Waals surface area contributed by atoms with E-state index in [2.05, 4.69) is 29.6 Å². The van der Waals surface area contributed by atoms with Crippen LogP contribution in [0.5, 0.6) is 0 Å². The molecular weight excluding hydrogens is 224 g/mol. The van der Waals surface area contributed by atoms with Crippen molar-refractivity contribution in [2.45, 2.75) is 38.1 Å². The first-order valence-corrected chi connectivity index (χ1v) is 6.98. The van der Waals surface area contributed by atoms with E-state index >= 15 is 0 Å². The Labute approximate surface area is 108 Å². The van der Waals surface area contributed by atoms with Crippen molar-refractivity contribution >= 4 is 6.03 Å². The number of likely N-dealkylation sites (tertiary alicyclic amines) is 1. The Kier molecular flexibility index (Phi) is 3.22. The SMILES string of the molecule is O=C(NC1CCc2ccccc21)N1CCCCC1. The Morgan fingerprint density at radius 3 is 2.78 bits per heavy atom. The second-order valence-electron chi connectivity index (χ2n) is 5.29. The predicted molar refractivity (Wildman–Crippen MR) is 71.5 cm³/mol. The average Bonchev–Trinajstić information content (AvgIpc) is 2.83. The summed E-state index contributed by atoms with van der Waals surface area (Å²) in [4.78, 5) is 14.1. The van der Waals surface area contributed by atoms with Crippen molar-refractivity contribution < 1.29 is 4.79 Å². The zero-order chi connectivity index (χ0) is 12.4. The molecule has 1 heterocycles. The summed E-state index contributed by atoms with van der Waals surface area (Å²) in [6.45, 7) is 1.83. The highest BCUT2D eigenvalue weighted by Crippen LogP contribution is 2.30. The Balaban J connectivity index is 1.65. The summed E-state index contributed by atoms with van der Waals surface area (Å²) in [7, 11) is 0. The minimum Gasteiger partial charge on any atom is -0.331 e. The molecule has 0 bridgehead atoms. The molecule has 0 saturated carbocycles. The van der Waals surface area contributed by atoms with Gasteiger partial charge in [0.1, 0.15) is 0 Å². The van der Waals surface area contributed by atoms with Gasteiger partial charge in [0.2, 0.25) is 0 Å². The molecule has 1 aliphatic heterocycles. The van der Waals surface area contributed by atoms with Gasteiger partial charge in [-0.25, -0.2) is 4.79 Å². The lowest BCUT2D eigenvalue weighted by Gasteiger charge is -2.28. The van der Waals surface area contributed by atoms with Crippen LogP contribution in [0.15, 0.2) is 24.3 Å². The van der Waals surface area contributed by atoms with E-state index in [1.165, 1.54) is 17.5 Å². The Morgan fingerprint density at radius 1 is 1.17 bits per heavy atom. The van der Waals surface area contributed by atoms with Crippen molar-refractivity contribution in [2.24, 2.45) is 0 Å². The van der Waals surface area contributed by atoms with E-state index in [9.17, 15) is 4.79 Å². The Bertz CT molecular complexity index is 438. The van der Waals surface area contributed by atoms with Gasteiger partial charge in [-0.3, -0.25) is 0 Å². The van der Waals surface area contributed by atoms with Crippen LogP contribution in [0.3, 0.4) is 0 Å². The molecule has 1 aromatic carbocycles. The number of aryl methyl sites for hydroxylation is 1. The maximum Gasteiger partial charge on any atom is 0.317 e. The molecule has 3 rings (SSSR count). The quantitative estimate of drug-likeness (QED) is 0.809. The third-order valence-corrected chi connectivity index (χ3v) is 4.07. The molecule has 2 amide bonds. The van der Waals surface area contributed by atoms with Crippen LogP contribution in [-0.2, 0) is 6.42 Å². The summed E-state index contributed by atoms with van der Waals surface area (Å²) in [6, 6.07) is 8.79. The number of nitrogens with zero attached hydrogens (tertiary/aromatic N) is 1. The van der Waals surface area contributed by atoms with Crippen molar-refractivity contribution in [3.8, 4) is 0 Å². The highest BCUT2D eigenvalue weighted by Gasteiger charge is 2.25. The van der Waals surface area contributed by atoms with Crippen molar-refractivity contribution in [1.29, 1.82) is 0 Å². The maximum atomic E-state index is 12.2. The molecule has 1 aromatic rings. The molecule has 2 aliphatic rings. The normalized spacial score (nSPS) is 22.7. The number of piperidine rings is 1. The molecule has 1 atom stereocenters. The molecule has 18 heavy (non-hydrogen) atoms. The topological polar surface area (TPSA) is 32.3 Å². The lowest BCUT2D eigenvalue weighted by molar-refractivity contribution is 0.182. The van der Waals surface area contributed by atoms with Crippen LogP contribution in [0.2, 0.25) is 0 Å². The molecule has 0 spiro atoms. The number of nitrogens with one attached hydrogen (secondary N) is 1. The number of amides is 2. The molecule has 1 fully saturated rings. The number of rotatable bonds is 1. The molecule has 1 unspecified atom stereocenters. The Morgan fingerprint density at radius 2 is 1.94 bits per heavy atom. The summed E-state index contributed by atoms with van der Waals surface area (Å²) in [5, 5.41) is 3.19. The van der Waals surface area contributed by atoms with Crippen molar-refractivity contribution in [2.75, 3.05) is 13.1 Å². The predicted octanol–water partition coefficient (Wildman–Crippen LogP) is 2.87. The van der Waals surface area contributed by atoms with Crippen LogP contribution in [0, 0.1) is 0 Å². The van der Waals surface area contributed by atoms with Gasteiger partial charge in [0, 0.05) is 13.1 Å². The fourth-order valence-electron chi connectivity index (χ4n) is 3.04. The third kappa shape index (κ3) is 2.22. The molecule has 96 valence electrons. The van der Waals surface area contributed by atoms with Crippen LogP contribution in [-0.4, -0.2) is 24.0 Å². The van der Waals surface area contributed by atoms with E-state index in [-0.39, 0.29) is 12.1 Å². The van der Waals surface area contributed by atoms with E-state index < -0.39 is 0 Å². The minimum atomic E-state index is 0.122. The molecule has 1 aliphatic carbocycles. The van der Waals surface area contributed by atoms with Gasteiger partial charge in [0.25, 0.3) is 0 Å². The van der Waals surface area contributed by atoms with Gasteiger partial charge >= 0.3 is 6.03 Å². The van der Waals surface area contributed by atoms with Gasteiger partial charge in [0.15, 0.2) is 0 Å². The van der Waals surface area contributed by atoms with Crippen LogP contribution in [0.25, 0.3) is 0 Å². The highest BCUT2D eigenvalue weighted by molar-refractivity contribution is 5.75. The monoisotopic (exact) mass is 244 g/mol. The first-order valence-electron chi connectivity index (χ1n) is 6.98. The summed E-state index contributed by atoms with van der Waals surface area (Å²) in [5.74, 6) is 0. The van der Waals surface area contributed by atoms with E-state index in [1.54, 1.807) is 0 Å². The fraction of sp³-hybridized carbons (Fsp3) is 0.533. The smallest absolute Gasteiger partial charge is 0.317 e. The average molecular weight is 244 g/mol. The van der Waals surface area contributed by atoms with Crippen molar-refractivity contribution in [3.63, 3.8) is 0 Å². The van der Waals surface area contributed by atoms with Crippen molar-refractivity contribution in [3.05, 3.63) is 35.4 Å². The third-order valence-electron chi connectivity index (χ3n) is 4.07. The summed E-state index contributed by atoms with van der Waals surface area (Å²) >= 11 is 0. The largest absolute Gasteiger partial charge is 0.331 e. The number of benzene rings is 1. The van der Waals surface area contributed by atoms with Crippen LogP contribution in [0.1, 0.15) is 42.9 Å². The van der Waals surface area contributed by atoms with Gasteiger partial charge < -0.3 is 10.2 Å². The van der Waals surface area contributed by atoms with Gasteiger partial charge in [-0.1, -0.05) is 24.3 Å². The summed E-state index contributed by atoms with van der Waals surface area (Å²) in [6.07, 6.45) is 5.68. The van der Waals surface area contributed by atoms with E-state index in [0.717, 1.165) is 38.8 Å². The number of hydrogen-bond donors (Lipinski definition) is 1. The summed E-state index contributed by atoms with van der Waals surface area (Å²) < 4.78 is 0.